The molecule has 0 aromatic heterocycles. The van der Waals surface area contributed by atoms with E-state index in [2.05, 4.69) is 24.0 Å². The lowest BCUT2D eigenvalue weighted by Gasteiger charge is -2.39. The first kappa shape index (κ1) is 32.1. The highest BCUT2D eigenvalue weighted by Gasteiger charge is 2.40. The molecule has 3 rings (SSSR count). The molecule has 222 valence electrons. The van der Waals surface area contributed by atoms with Crippen molar-refractivity contribution >= 4 is 0 Å². The van der Waals surface area contributed by atoms with Gasteiger partial charge in [-0.15, -0.1) is 0 Å². The SMILES string of the molecule is CCCCCCN(CCOc1ccc(CCCCN)cc1)CCC(O)=C[C@@H]1OC(c2ccccc2)OC[C@]1(C)O. The van der Waals surface area contributed by atoms with Crippen molar-refractivity contribution < 1.29 is 24.4 Å². The van der Waals surface area contributed by atoms with Gasteiger partial charge in [-0.1, -0.05) is 68.7 Å². The van der Waals surface area contributed by atoms with Crippen molar-refractivity contribution in [2.75, 3.05) is 39.4 Å². The van der Waals surface area contributed by atoms with E-state index < -0.39 is 18.0 Å². The average molecular weight is 555 g/mol. The summed E-state index contributed by atoms with van der Waals surface area (Å²) in [5, 5.41) is 21.7. The first-order valence-electron chi connectivity index (χ1n) is 15.0. The van der Waals surface area contributed by atoms with E-state index >= 15 is 0 Å². The molecule has 40 heavy (non-hydrogen) atoms. The lowest BCUT2D eigenvalue weighted by atomic mass is 9.97. The van der Waals surface area contributed by atoms with Gasteiger partial charge in [0.05, 0.1) is 12.4 Å². The zero-order chi connectivity index (χ0) is 28.6. The fourth-order valence-electron chi connectivity index (χ4n) is 4.80. The number of ether oxygens (including phenoxy) is 3. The molecule has 0 aliphatic carbocycles. The molecule has 2 aromatic rings. The van der Waals surface area contributed by atoms with Crippen LogP contribution in [0.3, 0.4) is 0 Å². The van der Waals surface area contributed by atoms with Crippen molar-refractivity contribution in [3.8, 4) is 5.75 Å². The number of unbranched alkanes of at least 4 members (excludes halogenated alkanes) is 4. The predicted molar refractivity (Wildman–Crippen MR) is 160 cm³/mol. The second kappa shape index (κ2) is 17.4. The number of nitrogens with zero attached hydrogens (tertiary/aromatic N) is 1. The highest BCUT2D eigenvalue weighted by atomic mass is 16.7. The molecule has 0 saturated carbocycles. The van der Waals surface area contributed by atoms with Crippen LogP contribution in [0.5, 0.6) is 5.75 Å². The normalized spacial score (nSPS) is 21.6. The highest BCUT2D eigenvalue weighted by molar-refractivity contribution is 5.27. The van der Waals surface area contributed by atoms with Crippen molar-refractivity contribution in [2.45, 2.75) is 83.2 Å². The third-order valence-corrected chi connectivity index (χ3v) is 7.36. The Hall–Kier alpha value is -2.42. The molecule has 1 heterocycles. The third-order valence-electron chi connectivity index (χ3n) is 7.36. The van der Waals surface area contributed by atoms with Gasteiger partial charge in [-0.25, -0.2) is 0 Å². The Morgan fingerprint density at radius 1 is 1.02 bits per heavy atom. The topological polar surface area (TPSA) is 97.4 Å². The van der Waals surface area contributed by atoms with Gasteiger partial charge in [-0.2, -0.15) is 0 Å². The van der Waals surface area contributed by atoms with E-state index in [1.54, 1.807) is 13.0 Å². The van der Waals surface area contributed by atoms with Gasteiger partial charge in [-0.3, -0.25) is 4.90 Å². The molecule has 0 radical (unpaired) electrons. The molecule has 3 atom stereocenters. The molecule has 1 aliphatic rings. The van der Waals surface area contributed by atoms with Crippen molar-refractivity contribution in [2.24, 2.45) is 5.73 Å². The average Bonchev–Trinajstić information content (AvgIpc) is 2.96. The minimum atomic E-state index is -1.23. The zero-order valence-electron chi connectivity index (χ0n) is 24.5. The molecule has 2 aromatic carbocycles. The summed E-state index contributed by atoms with van der Waals surface area (Å²) in [5.41, 5.74) is 6.56. The molecular formula is C33H50N2O5. The Morgan fingerprint density at radius 3 is 2.52 bits per heavy atom. The van der Waals surface area contributed by atoms with Crippen LogP contribution in [0.4, 0.5) is 0 Å². The summed E-state index contributed by atoms with van der Waals surface area (Å²) in [6.45, 7) is 7.77. The van der Waals surface area contributed by atoms with Gasteiger partial charge >= 0.3 is 0 Å². The van der Waals surface area contributed by atoms with E-state index in [1.165, 1.54) is 24.8 Å². The Balaban J connectivity index is 1.52. The van der Waals surface area contributed by atoms with Gasteiger partial charge in [0.15, 0.2) is 6.29 Å². The van der Waals surface area contributed by atoms with E-state index in [0.29, 0.717) is 19.6 Å². The number of nitrogens with two attached hydrogens (primary N) is 1. The molecule has 1 saturated heterocycles. The lowest BCUT2D eigenvalue weighted by Crippen LogP contribution is -2.49. The van der Waals surface area contributed by atoms with Gasteiger partial charge in [0.25, 0.3) is 0 Å². The summed E-state index contributed by atoms with van der Waals surface area (Å²) in [6, 6.07) is 18.0. The highest BCUT2D eigenvalue weighted by Crippen LogP contribution is 2.32. The smallest absolute Gasteiger partial charge is 0.184 e. The molecule has 0 bridgehead atoms. The fraction of sp³-hybridized carbons (Fsp3) is 0.576. The number of rotatable bonds is 18. The van der Waals surface area contributed by atoms with Crippen LogP contribution in [0.1, 0.15) is 76.2 Å². The van der Waals surface area contributed by atoms with Gasteiger partial charge < -0.3 is 30.2 Å². The summed E-state index contributed by atoms with van der Waals surface area (Å²) in [7, 11) is 0. The standard InChI is InChI=1S/C33H50N2O5/c1-3-4-5-11-21-35(23-24-38-30-17-15-27(16-18-30)12-9-10-20-34)22-19-29(36)25-31-33(2,37)26-39-32(40-31)28-13-7-6-8-14-28/h6-8,13-18,25,31-32,36-37H,3-5,9-12,19-24,26,34H2,1-2H3/t31-,32?,33-/m0/s1. The first-order chi connectivity index (χ1) is 19.4. The lowest BCUT2D eigenvalue weighted by molar-refractivity contribution is -0.276. The fourth-order valence-corrected chi connectivity index (χ4v) is 4.80. The van der Waals surface area contributed by atoms with Gasteiger partial charge in [-0.05, 0) is 69.5 Å². The Kier molecular flexibility index (Phi) is 14.0. The number of aliphatic hydroxyl groups excluding tert-OH is 1. The maximum atomic E-state index is 10.8. The second-order valence-corrected chi connectivity index (χ2v) is 11.0. The molecule has 1 fully saturated rings. The number of aliphatic hydroxyl groups is 2. The number of aryl methyl sites for hydroxylation is 1. The summed E-state index contributed by atoms with van der Waals surface area (Å²) in [6.07, 6.45) is 8.79. The Labute approximate surface area is 240 Å². The summed E-state index contributed by atoms with van der Waals surface area (Å²) in [4.78, 5) is 2.34. The maximum Gasteiger partial charge on any atom is 0.184 e. The molecule has 4 N–H and O–H groups in total. The molecule has 0 amide bonds. The second-order valence-electron chi connectivity index (χ2n) is 11.0. The van der Waals surface area contributed by atoms with E-state index in [-0.39, 0.29) is 12.4 Å². The van der Waals surface area contributed by atoms with Crippen LogP contribution in [-0.2, 0) is 15.9 Å². The molecule has 0 spiro atoms. The third kappa shape index (κ3) is 11.2. The Morgan fingerprint density at radius 2 is 1.80 bits per heavy atom. The number of benzene rings is 2. The first-order valence-corrected chi connectivity index (χ1v) is 15.0. The van der Waals surface area contributed by atoms with E-state index in [9.17, 15) is 10.2 Å². The monoisotopic (exact) mass is 554 g/mol. The molecule has 1 unspecified atom stereocenters. The molecule has 1 aliphatic heterocycles. The minimum Gasteiger partial charge on any atom is -0.513 e. The maximum absolute atomic E-state index is 10.8. The molecular weight excluding hydrogens is 504 g/mol. The quantitative estimate of drug-likeness (QED) is 0.155. The van der Waals surface area contributed by atoms with Gasteiger partial charge in [0, 0.05) is 25.1 Å². The van der Waals surface area contributed by atoms with E-state index in [0.717, 1.165) is 56.6 Å². The van der Waals surface area contributed by atoms with Crippen LogP contribution >= 0.6 is 0 Å². The summed E-state index contributed by atoms with van der Waals surface area (Å²) >= 11 is 0. The van der Waals surface area contributed by atoms with Crippen molar-refractivity contribution in [1.29, 1.82) is 0 Å². The number of hydrogen-bond acceptors (Lipinski definition) is 7. The van der Waals surface area contributed by atoms with Crippen LogP contribution in [0.25, 0.3) is 0 Å². The van der Waals surface area contributed by atoms with Gasteiger partial charge in [0.2, 0.25) is 0 Å². The summed E-state index contributed by atoms with van der Waals surface area (Å²) in [5.74, 6) is 1.09. The van der Waals surface area contributed by atoms with Crippen LogP contribution in [0.15, 0.2) is 66.4 Å². The van der Waals surface area contributed by atoms with Crippen molar-refractivity contribution in [3.63, 3.8) is 0 Å². The van der Waals surface area contributed by atoms with E-state index in [1.807, 2.05) is 42.5 Å². The van der Waals surface area contributed by atoms with Gasteiger partial charge in [0.1, 0.15) is 24.1 Å². The Bertz CT molecular complexity index is 980. The zero-order valence-corrected chi connectivity index (χ0v) is 24.5. The van der Waals surface area contributed by atoms with Crippen molar-refractivity contribution in [3.05, 3.63) is 77.6 Å². The summed E-state index contributed by atoms with van der Waals surface area (Å²) < 4.78 is 17.9. The van der Waals surface area contributed by atoms with Crippen LogP contribution < -0.4 is 10.5 Å². The largest absolute Gasteiger partial charge is 0.513 e. The van der Waals surface area contributed by atoms with Crippen LogP contribution in [0, 0.1) is 0 Å². The predicted octanol–water partition coefficient (Wildman–Crippen LogP) is 5.93. The van der Waals surface area contributed by atoms with Crippen molar-refractivity contribution in [1.82, 2.24) is 4.90 Å². The van der Waals surface area contributed by atoms with E-state index in [4.69, 9.17) is 19.9 Å². The van der Waals surface area contributed by atoms with Crippen LogP contribution in [-0.4, -0.2) is 66.2 Å². The molecule has 7 heteroatoms. The minimum absolute atomic E-state index is 0.122. The number of hydrogen-bond donors (Lipinski definition) is 3. The molecule has 7 nitrogen and oxygen atoms in total. The van der Waals surface area contributed by atoms with Crippen LogP contribution in [0.2, 0.25) is 0 Å².